The predicted molar refractivity (Wildman–Crippen MR) is 110 cm³/mol. The van der Waals surface area contributed by atoms with E-state index in [1.165, 1.54) is 23.2 Å². The maximum atomic E-state index is 13.9. The van der Waals surface area contributed by atoms with Gasteiger partial charge in [-0.1, -0.05) is 23.7 Å². The Balaban J connectivity index is 1.84. The third-order valence-electron chi connectivity index (χ3n) is 4.74. The zero-order valence-electron chi connectivity index (χ0n) is 16.1. The molecule has 0 unspecified atom stereocenters. The quantitative estimate of drug-likeness (QED) is 0.559. The Bertz CT molecular complexity index is 1120. The first-order valence-electron chi connectivity index (χ1n) is 9.06. The van der Waals surface area contributed by atoms with Gasteiger partial charge < -0.3 is 14.5 Å². The molecule has 2 aromatic heterocycles. The van der Waals surface area contributed by atoms with Gasteiger partial charge in [0.25, 0.3) is 5.91 Å². The van der Waals surface area contributed by atoms with Crippen LogP contribution in [-0.2, 0) is 0 Å². The minimum Gasteiger partial charge on any atom is -0.453 e. The Kier molecular flexibility index (Phi) is 4.84. The van der Waals surface area contributed by atoms with E-state index >= 15 is 0 Å². The number of ether oxygens (including phenoxy) is 1. The number of para-hydroxylation sites is 1. The van der Waals surface area contributed by atoms with Crippen LogP contribution in [0.1, 0.15) is 22.8 Å². The van der Waals surface area contributed by atoms with Crippen molar-refractivity contribution >= 4 is 34.8 Å². The molecule has 0 spiro atoms. The third-order valence-corrected chi connectivity index (χ3v) is 5.12. The minimum atomic E-state index is -0.497. The van der Waals surface area contributed by atoms with Crippen LogP contribution >= 0.6 is 11.6 Å². The molecule has 0 radical (unpaired) electrons. The fraction of sp³-hybridized carbons (Fsp3) is 0.190. The molecular formula is C21H18ClFN4O2. The van der Waals surface area contributed by atoms with Crippen molar-refractivity contribution in [3.63, 3.8) is 0 Å². The SMILES string of the molecule is CCN1c2ncc(Oc3ccccc3F)cc2C(=O)N(C)c2cc(C)c(Cl)nc21. The Morgan fingerprint density at radius 1 is 1.21 bits per heavy atom. The Morgan fingerprint density at radius 2 is 1.97 bits per heavy atom. The van der Waals surface area contributed by atoms with Crippen LogP contribution in [0.4, 0.5) is 21.7 Å². The Labute approximate surface area is 172 Å². The molecule has 0 atom stereocenters. The number of carbonyl (C=O) groups excluding carboxylic acids is 1. The number of aryl methyl sites for hydroxylation is 1. The monoisotopic (exact) mass is 412 g/mol. The Morgan fingerprint density at radius 3 is 2.69 bits per heavy atom. The summed E-state index contributed by atoms with van der Waals surface area (Å²) >= 11 is 6.25. The lowest BCUT2D eigenvalue weighted by Crippen LogP contribution is -2.25. The molecular weight excluding hydrogens is 395 g/mol. The van der Waals surface area contributed by atoms with E-state index in [1.54, 1.807) is 25.2 Å². The summed E-state index contributed by atoms with van der Waals surface area (Å²) in [5, 5.41) is 0.367. The highest BCUT2D eigenvalue weighted by Crippen LogP contribution is 2.40. The number of carbonyl (C=O) groups is 1. The van der Waals surface area contributed by atoms with Gasteiger partial charge in [-0.3, -0.25) is 4.79 Å². The number of anilines is 3. The Hall–Kier alpha value is -3.19. The van der Waals surface area contributed by atoms with E-state index in [4.69, 9.17) is 16.3 Å². The number of hydrogen-bond acceptors (Lipinski definition) is 5. The molecule has 1 amide bonds. The average Bonchev–Trinajstić information content (AvgIpc) is 2.79. The fourth-order valence-corrected chi connectivity index (χ4v) is 3.36. The molecule has 0 N–H and O–H groups in total. The summed E-state index contributed by atoms with van der Waals surface area (Å²) in [6, 6.07) is 9.45. The van der Waals surface area contributed by atoms with Crippen molar-refractivity contribution in [1.82, 2.24) is 9.97 Å². The molecule has 0 bridgehead atoms. The van der Waals surface area contributed by atoms with Gasteiger partial charge in [-0.15, -0.1) is 0 Å². The van der Waals surface area contributed by atoms with Crippen LogP contribution in [0, 0.1) is 12.7 Å². The molecule has 6 nitrogen and oxygen atoms in total. The molecule has 3 aromatic rings. The highest BCUT2D eigenvalue weighted by molar-refractivity contribution is 6.30. The first-order chi connectivity index (χ1) is 13.9. The van der Waals surface area contributed by atoms with Gasteiger partial charge in [0.1, 0.15) is 16.7 Å². The molecule has 3 heterocycles. The topological polar surface area (TPSA) is 58.6 Å². The number of rotatable bonds is 3. The van der Waals surface area contributed by atoms with E-state index < -0.39 is 5.82 Å². The van der Waals surface area contributed by atoms with Crippen molar-refractivity contribution in [2.24, 2.45) is 0 Å². The lowest BCUT2D eigenvalue weighted by molar-refractivity contribution is 0.0993. The lowest BCUT2D eigenvalue weighted by Gasteiger charge is -2.23. The molecule has 1 aliphatic rings. The van der Waals surface area contributed by atoms with Gasteiger partial charge >= 0.3 is 0 Å². The zero-order valence-corrected chi connectivity index (χ0v) is 16.9. The van der Waals surface area contributed by atoms with Crippen molar-refractivity contribution in [3.8, 4) is 11.5 Å². The number of hydrogen-bond donors (Lipinski definition) is 0. The maximum absolute atomic E-state index is 13.9. The molecule has 0 aliphatic carbocycles. The van der Waals surface area contributed by atoms with E-state index in [9.17, 15) is 9.18 Å². The second-order valence-corrected chi connectivity index (χ2v) is 6.98. The summed E-state index contributed by atoms with van der Waals surface area (Å²) in [6.45, 7) is 4.29. The van der Waals surface area contributed by atoms with Crippen LogP contribution in [0.3, 0.4) is 0 Å². The highest BCUT2D eigenvalue weighted by Gasteiger charge is 2.31. The van der Waals surface area contributed by atoms with Crippen LogP contribution in [-0.4, -0.2) is 29.5 Å². The van der Waals surface area contributed by atoms with Gasteiger partial charge in [-0.25, -0.2) is 14.4 Å². The fourth-order valence-electron chi connectivity index (χ4n) is 3.22. The molecule has 0 saturated carbocycles. The molecule has 0 fully saturated rings. The number of halogens is 2. The summed E-state index contributed by atoms with van der Waals surface area (Å²) in [6.07, 6.45) is 1.46. The summed E-state index contributed by atoms with van der Waals surface area (Å²) < 4.78 is 19.6. The van der Waals surface area contributed by atoms with Gasteiger partial charge in [0.2, 0.25) is 0 Å². The third kappa shape index (κ3) is 3.27. The smallest absolute Gasteiger partial charge is 0.262 e. The summed E-state index contributed by atoms with van der Waals surface area (Å²) in [5.41, 5.74) is 1.73. The number of aromatic nitrogens is 2. The largest absolute Gasteiger partial charge is 0.453 e. The number of nitrogens with zero attached hydrogens (tertiary/aromatic N) is 4. The van der Waals surface area contributed by atoms with Crippen LogP contribution in [0.2, 0.25) is 5.15 Å². The molecule has 0 saturated heterocycles. The molecule has 148 valence electrons. The van der Waals surface area contributed by atoms with E-state index in [-0.39, 0.29) is 17.4 Å². The van der Waals surface area contributed by atoms with Crippen molar-refractivity contribution in [2.75, 3.05) is 23.4 Å². The van der Waals surface area contributed by atoms with Crippen molar-refractivity contribution in [2.45, 2.75) is 13.8 Å². The molecule has 1 aliphatic heterocycles. The zero-order chi connectivity index (χ0) is 20.7. The van der Waals surface area contributed by atoms with Crippen molar-refractivity contribution in [1.29, 1.82) is 0 Å². The van der Waals surface area contributed by atoms with Crippen molar-refractivity contribution < 1.29 is 13.9 Å². The first-order valence-corrected chi connectivity index (χ1v) is 9.43. The lowest BCUT2D eigenvalue weighted by atomic mass is 10.2. The first kappa shape index (κ1) is 19.1. The van der Waals surface area contributed by atoms with Crippen LogP contribution < -0.4 is 14.5 Å². The average molecular weight is 413 g/mol. The highest BCUT2D eigenvalue weighted by atomic mass is 35.5. The summed E-state index contributed by atoms with van der Waals surface area (Å²) in [7, 11) is 1.67. The van der Waals surface area contributed by atoms with Crippen LogP contribution in [0.15, 0.2) is 42.6 Å². The normalized spacial score (nSPS) is 13.1. The van der Waals surface area contributed by atoms with Gasteiger partial charge in [-0.05, 0) is 43.7 Å². The molecule has 1 aromatic carbocycles. The van der Waals surface area contributed by atoms with E-state index in [0.29, 0.717) is 34.6 Å². The number of fused-ring (bicyclic) bond motifs is 2. The van der Waals surface area contributed by atoms with Gasteiger partial charge in [0.15, 0.2) is 17.4 Å². The van der Waals surface area contributed by atoms with Gasteiger partial charge in [0, 0.05) is 13.6 Å². The van der Waals surface area contributed by atoms with E-state index in [0.717, 1.165) is 5.56 Å². The predicted octanol–water partition coefficient (Wildman–Crippen LogP) is 5.12. The number of pyridine rings is 2. The molecule has 29 heavy (non-hydrogen) atoms. The number of amides is 1. The second-order valence-electron chi connectivity index (χ2n) is 6.62. The number of benzene rings is 1. The second kappa shape index (κ2) is 7.33. The molecule has 4 rings (SSSR count). The maximum Gasteiger partial charge on any atom is 0.262 e. The van der Waals surface area contributed by atoms with Gasteiger partial charge in [0.05, 0.1) is 17.4 Å². The van der Waals surface area contributed by atoms with Crippen LogP contribution in [0.5, 0.6) is 11.5 Å². The van der Waals surface area contributed by atoms with E-state index in [1.807, 2.05) is 24.8 Å². The van der Waals surface area contributed by atoms with Crippen LogP contribution in [0.25, 0.3) is 0 Å². The summed E-state index contributed by atoms with van der Waals surface area (Å²) in [5.74, 6) is 0.544. The standard InChI is InChI=1S/C21H18ClFN4O2/c1-4-27-19-14(10-13(11-24-19)29-17-8-6-5-7-15(17)23)21(28)26(3)16-9-12(2)18(22)25-20(16)27/h5-11H,4H2,1-3H3. The van der Waals surface area contributed by atoms with Crippen molar-refractivity contribution in [3.05, 3.63) is 64.7 Å². The summed E-state index contributed by atoms with van der Waals surface area (Å²) in [4.78, 5) is 25.5. The molecule has 8 heteroatoms. The van der Waals surface area contributed by atoms with E-state index in [2.05, 4.69) is 9.97 Å². The minimum absolute atomic E-state index is 0.0587. The van der Waals surface area contributed by atoms with Gasteiger partial charge in [-0.2, -0.15) is 0 Å².